The van der Waals surface area contributed by atoms with E-state index in [0.717, 1.165) is 18.8 Å². The predicted octanol–water partition coefficient (Wildman–Crippen LogP) is -0.589. The number of nitrogens with zero attached hydrogens (tertiary/aromatic N) is 2. The van der Waals surface area contributed by atoms with Gasteiger partial charge in [-0.25, -0.2) is 5.10 Å². The van der Waals surface area contributed by atoms with Crippen LogP contribution < -0.4 is 11.1 Å². The van der Waals surface area contributed by atoms with Gasteiger partial charge in [-0.15, -0.1) is 11.8 Å². The molecule has 1 aliphatic rings. The highest BCUT2D eigenvalue weighted by Crippen LogP contribution is 2.22. The maximum Gasteiger partial charge on any atom is 0.330 e. The summed E-state index contributed by atoms with van der Waals surface area (Å²) in [6.07, 6.45) is 2.05. The first-order chi connectivity index (χ1) is 7.27. The number of hydrogen-bond acceptors (Lipinski definition) is 5. The number of aryl methyl sites for hydroxylation is 1. The highest BCUT2D eigenvalue weighted by atomic mass is 32.2. The molecule has 0 radical (unpaired) electrons. The largest absolute Gasteiger partial charge is 0.367 e. The van der Waals surface area contributed by atoms with Crippen molar-refractivity contribution < 1.29 is 4.74 Å². The van der Waals surface area contributed by atoms with Gasteiger partial charge in [-0.05, 0) is 0 Å². The molecule has 0 aliphatic carbocycles. The lowest BCUT2D eigenvalue weighted by molar-refractivity contribution is 0.133. The van der Waals surface area contributed by atoms with Gasteiger partial charge in [0.05, 0.1) is 6.61 Å². The molecule has 1 fully saturated rings. The summed E-state index contributed by atoms with van der Waals surface area (Å²) in [5.41, 5.74) is -1.11. The summed E-state index contributed by atoms with van der Waals surface area (Å²) < 4.78 is 6.69. The molecule has 1 aromatic heterocycles. The Morgan fingerprint density at radius 1 is 1.67 bits per heavy atom. The maximum atomic E-state index is 11.3. The van der Waals surface area contributed by atoms with Crippen LogP contribution in [0.4, 0.5) is 0 Å². The molecule has 1 N–H and O–H groups in total. The number of aromatic nitrogens is 3. The van der Waals surface area contributed by atoms with Crippen LogP contribution in [0.25, 0.3) is 0 Å². The number of H-pyrrole nitrogens is 1. The SMILES string of the molecule is O=c1[nH]ncn(CCC2OCCS2)c1=O. The smallest absolute Gasteiger partial charge is 0.330 e. The van der Waals surface area contributed by atoms with Crippen molar-refractivity contribution in [1.29, 1.82) is 0 Å². The average Bonchev–Trinajstić information content (AvgIpc) is 2.73. The lowest BCUT2D eigenvalue weighted by atomic mass is 10.4. The maximum absolute atomic E-state index is 11.3. The number of nitrogens with one attached hydrogen (secondary N) is 1. The first-order valence-corrected chi connectivity index (χ1v) is 5.69. The fourth-order valence-corrected chi connectivity index (χ4v) is 2.29. The first-order valence-electron chi connectivity index (χ1n) is 4.65. The summed E-state index contributed by atoms with van der Waals surface area (Å²) in [7, 11) is 0. The van der Waals surface area contributed by atoms with Gasteiger partial charge in [0, 0.05) is 18.7 Å². The molecular formula is C8H11N3O3S. The zero-order valence-electron chi connectivity index (χ0n) is 8.01. The van der Waals surface area contributed by atoms with Gasteiger partial charge in [0.25, 0.3) is 0 Å². The van der Waals surface area contributed by atoms with Crippen LogP contribution in [0.3, 0.4) is 0 Å². The van der Waals surface area contributed by atoms with E-state index in [1.807, 2.05) is 0 Å². The van der Waals surface area contributed by atoms with Crippen molar-refractivity contribution in [3.05, 3.63) is 27.0 Å². The Morgan fingerprint density at radius 3 is 3.27 bits per heavy atom. The van der Waals surface area contributed by atoms with E-state index in [2.05, 4.69) is 10.2 Å². The summed E-state index contributed by atoms with van der Waals surface area (Å²) in [6, 6.07) is 0. The number of rotatable bonds is 3. The number of aromatic amines is 1. The van der Waals surface area contributed by atoms with E-state index in [4.69, 9.17) is 4.74 Å². The molecule has 1 aliphatic heterocycles. The van der Waals surface area contributed by atoms with Crippen molar-refractivity contribution in [1.82, 2.24) is 14.8 Å². The molecule has 15 heavy (non-hydrogen) atoms. The Morgan fingerprint density at radius 2 is 2.53 bits per heavy atom. The zero-order valence-corrected chi connectivity index (χ0v) is 8.83. The van der Waals surface area contributed by atoms with E-state index >= 15 is 0 Å². The third kappa shape index (κ3) is 2.48. The number of hydrogen-bond donors (Lipinski definition) is 1. The standard InChI is InChI=1S/C8H11N3O3S/c12-7-8(13)11(5-9-10-7)2-1-6-14-3-4-15-6/h5-6H,1-4H2,(H,10,12). The van der Waals surface area contributed by atoms with Crippen LogP contribution in [0.1, 0.15) is 6.42 Å². The van der Waals surface area contributed by atoms with Crippen LogP contribution >= 0.6 is 11.8 Å². The fraction of sp³-hybridized carbons (Fsp3) is 0.625. The Kier molecular flexibility index (Phi) is 3.22. The second-order valence-electron chi connectivity index (χ2n) is 3.14. The van der Waals surface area contributed by atoms with E-state index in [1.54, 1.807) is 11.8 Å². The molecule has 2 heterocycles. The average molecular weight is 229 g/mol. The minimum absolute atomic E-state index is 0.135. The molecule has 6 nitrogen and oxygen atoms in total. The molecule has 0 bridgehead atoms. The summed E-state index contributed by atoms with van der Waals surface area (Å²) >= 11 is 1.73. The van der Waals surface area contributed by atoms with Crippen LogP contribution in [-0.2, 0) is 11.3 Å². The van der Waals surface area contributed by atoms with Gasteiger partial charge < -0.3 is 4.74 Å². The minimum Gasteiger partial charge on any atom is -0.367 e. The highest BCUT2D eigenvalue weighted by molar-refractivity contribution is 7.99. The lowest BCUT2D eigenvalue weighted by Gasteiger charge is -2.08. The van der Waals surface area contributed by atoms with E-state index in [-0.39, 0.29) is 5.44 Å². The van der Waals surface area contributed by atoms with Gasteiger partial charge in [0.2, 0.25) is 0 Å². The van der Waals surface area contributed by atoms with Crippen LogP contribution in [0, 0.1) is 0 Å². The fourth-order valence-electron chi connectivity index (χ4n) is 1.37. The summed E-state index contributed by atoms with van der Waals surface area (Å²) in [6.45, 7) is 1.23. The van der Waals surface area contributed by atoms with Crippen LogP contribution in [-0.4, -0.2) is 32.6 Å². The minimum atomic E-state index is -0.683. The quantitative estimate of drug-likeness (QED) is 0.701. The van der Waals surface area contributed by atoms with E-state index in [0.29, 0.717) is 6.54 Å². The molecule has 82 valence electrons. The lowest BCUT2D eigenvalue weighted by Crippen LogP contribution is -2.37. The topological polar surface area (TPSA) is 77.0 Å². The molecule has 1 aromatic rings. The second kappa shape index (κ2) is 4.63. The third-order valence-electron chi connectivity index (χ3n) is 2.11. The van der Waals surface area contributed by atoms with Crippen molar-refractivity contribution in [2.75, 3.05) is 12.4 Å². The molecule has 0 aromatic carbocycles. The van der Waals surface area contributed by atoms with Gasteiger partial charge in [0.1, 0.15) is 11.8 Å². The Bertz CT molecular complexity index is 435. The van der Waals surface area contributed by atoms with Gasteiger partial charge >= 0.3 is 11.1 Å². The van der Waals surface area contributed by atoms with Gasteiger partial charge in [-0.3, -0.25) is 14.2 Å². The molecule has 0 amide bonds. The van der Waals surface area contributed by atoms with Crippen LogP contribution in [0.2, 0.25) is 0 Å². The number of ether oxygens (including phenoxy) is 1. The predicted molar refractivity (Wildman–Crippen MR) is 55.9 cm³/mol. The van der Waals surface area contributed by atoms with Crippen molar-refractivity contribution in [3.63, 3.8) is 0 Å². The highest BCUT2D eigenvalue weighted by Gasteiger charge is 2.15. The first kappa shape index (κ1) is 10.4. The van der Waals surface area contributed by atoms with E-state index < -0.39 is 11.1 Å². The Labute approximate surface area is 89.6 Å². The normalized spacial score (nSPS) is 20.7. The summed E-state index contributed by atoms with van der Waals surface area (Å²) in [4.78, 5) is 22.3. The third-order valence-corrected chi connectivity index (χ3v) is 3.26. The molecule has 1 unspecified atom stereocenters. The van der Waals surface area contributed by atoms with Gasteiger partial charge in [-0.1, -0.05) is 0 Å². The van der Waals surface area contributed by atoms with Crippen molar-refractivity contribution in [2.45, 2.75) is 18.4 Å². The van der Waals surface area contributed by atoms with Crippen LogP contribution in [0.15, 0.2) is 15.9 Å². The summed E-state index contributed by atoms with van der Waals surface area (Å²) in [5.74, 6) is 0.993. The summed E-state index contributed by atoms with van der Waals surface area (Å²) in [5, 5.41) is 5.66. The zero-order chi connectivity index (χ0) is 10.7. The molecule has 1 atom stereocenters. The van der Waals surface area contributed by atoms with Crippen molar-refractivity contribution in [2.24, 2.45) is 0 Å². The van der Waals surface area contributed by atoms with Crippen molar-refractivity contribution in [3.8, 4) is 0 Å². The second-order valence-corrected chi connectivity index (χ2v) is 4.41. The van der Waals surface area contributed by atoms with Gasteiger partial charge in [0.15, 0.2) is 0 Å². The van der Waals surface area contributed by atoms with Crippen LogP contribution in [0.5, 0.6) is 0 Å². The van der Waals surface area contributed by atoms with Gasteiger partial charge in [-0.2, -0.15) is 5.10 Å². The van der Waals surface area contributed by atoms with E-state index in [9.17, 15) is 9.59 Å². The Hall–Kier alpha value is -1.08. The number of thioether (sulfide) groups is 1. The molecule has 7 heteroatoms. The monoisotopic (exact) mass is 229 g/mol. The molecule has 0 saturated carbocycles. The van der Waals surface area contributed by atoms with Crippen molar-refractivity contribution >= 4 is 11.8 Å². The molecule has 2 rings (SSSR count). The van der Waals surface area contributed by atoms with E-state index in [1.165, 1.54) is 10.9 Å². The Balaban J connectivity index is 2.01. The molecule has 1 saturated heterocycles. The molecular weight excluding hydrogens is 218 g/mol. The molecule has 0 spiro atoms.